The highest BCUT2D eigenvalue weighted by atomic mass is 16.6. The fourth-order valence-corrected chi connectivity index (χ4v) is 1.86. The van der Waals surface area contributed by atoms with Crippen LogP contribution in [0.25, 0.3) is 0 Å². The second-order valence-electron chi connectivity index (χ2n) is 3.95. The van der Waals surface area contributed by atoms with Crippen molar-refractivity contribution in [2.24, 2.45) is 0 Å². The summed E-state index contributed by atoms with van der Waals surface area (Å²) in [6.45, 7) is 2.66. The van der Waals surface area contributed by atoms with Gasteiger partial charge in [0.25, 0.3) is 0 Å². The summed E-state index contributed by atoms with van der Waals surface area (Å²) in [4.78, 5) is 11.2. The maximum absolute atomic E-state index is 11.2. The standard InChI is InChI=1S/C13H17NO4/c1-3-16-13(15)8-17-9-4-5-10-11(14-2)7-18-12(10)6-9/h4-6,11,14H,3,7-8H2,1-2H3. The molecule has 18 heavy (non-hydrogen) atoms. The molecule has 0 saturated carbocycles. The van der Waals surface area contributed by atoms with Crippen molar-refractivity contribution in [1.29, 1.82) is 0 Å². The summed E-state index contributed by atoms with van der Waals surface area (Å²) >= 11 is 0. The zero-order valence-electron chi connectivity index (χ0n) is 10.6. The molecule has 0 spiro atoms. The third kappa shape index (κ3) is 2.73. The van der Waals surface area contributed by atoms with Gasteiger partial charge >= 0.3 is 5.97 Å². The average Bonchev–Trinajstić information content (AvgIpc) is 2.79. The van der Waals surface area contributed by atoms with Crippen LogP contribution in [0.3, 0.4) is 0 Å². The molecule has 1 aliphatic rings. The topological polar surface area (TPSA) is 56.8 Å². The summed E-state index contributed by atoms with van der Waals surface area (Å²) in [7, 11) is 1.90. The quantitative estimate of drug-likeness (QED) is 0.799. The molecule has 0 radical (unpaired) electrons. The molecule has 98 valence electrons. The molecule has 1 aromatic rings. The van der Waals surface area contributed by atoms with Crippen LogP contribution in [0.15, 0.2) is 18.2 Å². The van der Waals surface area contributed by atoms with E-state index in [4.69, 9.17) is 14.2 Å². The van der Waals surface area contributed by atoms with Crippen LogP contribution in [0.4, 0.5) is 0 Å². The Bertz CT molecular complexity index is 433. The van der Waals surface area contributed by atoms with Crippen LogP contribution >= 0.6 is 0 Å². The van der Waals surface area contributed by atoms with Crippen LogP contribution in [0.2, 0.25) is 0 Å². The fourth-order valence-electron chi connectivity index (χ4n) is 1.86. The molecule has 0 aromatic heterocycles. The number of hydrogen-bond donors (Lipinski definition) is 1. The van der Waals surface area contributed by atoms with Crippen molar-refractivity contribution in [2.45, 2.75) is 13.0 Å². The van der Waals surface area contributed by atoms with E-state index in [0.29, 0.717) is 19.0 Å². The second kappa shape index (κ2) is 5.73. The Kier molecular flexibility index (Phi) is 4.04. The van der Waals surface area contributed by atoms with Crippen LogP contribution in [0.1, 0.15) is 18.5 Å². The third-order valence-electron chi connectivity index (χ3n) is 2.78. The minimum absolute atomic E-state index is 0.0813. The van der Waals surface area contributed by atoms with Crippen molar-refractivity contribution in [3.63, 3.8) is 0 Å². The fraction of sp³-hybridized carbons (Fsp3) is 0.462. The first-order valence-corrected chi connectivity index (χ1v) is 5.97. The van der Waals surface area contributed by atoms with Gasteiger partial charge in [-0.1, -0.05) is 0 Å². The lowest BCUT2D eigenvalue weighted by atomic mass is 10.1. The average molecular weight is 251 g/mol. The lowest BCUT2D eigenvalue weighted by Gasteiger charge is -2.08. The molecular formula is C13H17NO4. The zero-order valence-corrected chi connectivity index (χ0v) is 10.6. The van der Waals surface area contributed by atoms with Crippen molar-refractivity contribution in [3.8, 4) is 11.5 Å². The van der Waals surface area contributed by atoms with Crippen molar-refractivity contribution >= 4 is 5.97 Å². The molecule has 5 heteroatoms. The predicted octanol–water partition coefficient (Wildman–Crippen LogP) is 1.28. The molecule has 0 bridgehead atoms. The summed E-state index contributed by atoms with van der Waals surface area (Å²) < 4.78 is 15.7. The molecule has 1 aromatic carbocycles. The first-order chi connectivity index (χ1) is 8.74. The Hall–Kier alpha value is -1.75. The summed E-state index contributed by atoms with van der Waals surface area (Å²) in [5, 5.41) is 3.17. The van der Waals surface area contributed by atoms with Gasteiger partial charge in [-0.25, -0.2) is 4.79 Å². The smallest absolute Gasteiger partial charge is 0.344 e. The molecule has 1 atom stereocenters. The second-order valence-corrected chi connectivity index (χ2v) is 3.95. The number of fused-ring (bicyclic) bond motifs is 1. The van der Waals surface area contributed by atoms with Gasteiger partial charge in [0.05, 0.1) is 12.6 Å². The van der Waals surface area contributed by atoms with E-state index >= 15 is 0 Å². The molecule has 1 aliphatic heterocycles. The van der Waals surface area contributed by atoms with E-state index in [1.807, 2.05) is 19.2 Å². The Labute approximate surface area is 106 Å². The number of carbonyl (C=O) groups is 1. The van der Waals surface area contributed by atoms with Gasteiger partial charge in [0.2, 0.25) is 0 Å². The van der Waals surface area contributed by atoms with Gasteiger partial charge in [0.15, 0.2) is 6.61 Å². The van der Waals surface area contributed by atoms with Crippen molar-refractivity contribution in [1.82, 2.24) is 5.32 Å². The lowest BCUT2D eigenvalue weighted by Crippen LogP contribution is -2.17. The van der Waals surface area contributed by atoms with Gasteiger partial charge in [-0.3, -0.25) is 0 Å². The molecule has 0 aliphatic carbocycles. The molecule has 0 saturated heterocycles. The molecule has 1 heterocycles. The van der Waals surface area contributed by atoms with Crippen molar-refractivity contribution < 1.29 is 19.0 Å². The van der Waals surface area contributed by atoms with Gasteiger partial charge in [-0.15, -0.1) is 0 Å². The number of carbonyl (C=O) groups excluding carboxylic acids is 1. The van der Waals surface area contributed by atoms with E-state index < -0.39 is 0 Å². The highest BCUT2D eigenvalue weighted by Gasteiger charge is 2.22. The Morgan fingerprint density at radius 3 is 3.11 bits per heavy atom. The molecule has 0 fully saturated rings. The third-order valence-corrected chi connectivity index (χ3v) is 2.78. The van der Waals surface area contributed by atoms with Crippen molar-refractivity contribution in [2.75, 3.05) is 26.9 Å². The molecule has 1 N–H and O–H groups in total. The zero-order chi connectivity index (χ0) is 13.0. The van der Waals surface area contributed by atoms with Gasteiger partial charge in [-0.2, -0.15) is 0 Å². The molecule has 1 unspecified atom stereocenters. The number of ether oxygens (including phenoxy) is 3. The van der Waals surface area contributed by atoms with E-state index in [-0.39, 0.29) is 18.6 Å². The van der Waals surface area contributed by atoms with Crippen LogP contribution in [-0.4, -0.2) is 32.8 Å². The number of rotatable bonds is 5. The number of esters is 1. The minimum Gasteiger partial charge on any atom is -0.491 e. The Balaban J connectivity index is 1.98. The van der Waals surface area contributed by atoms with Crippen LogP contribution in [0, 0.1) is 0 Å². The number of likely N-dealkylation sites (N-methyl/N-ethyl adjacent to an activating group) is 1. The number of benzene rings is 1. The Morgan fingerprint density at radius 2 is 2.39 bits per heavy atom. The normalized spacial score (nSPS) is 16.9. The Morgan fingerprint density at radius 1 is 1.56 bits per heavy atom. The van der Waals surface area contributed by atoms with E-state index in [2.05, 4.69) is 5.32 Å². The highest BCUT2D eigenvalue weighted by molar-refractivity contribution is 5.71. The first-order valence-electron chi connectivity index (χ1n) is 5.97. The number of nitrogens with one attached hydrogen (secondary N) is 1. The largest absolute Gasteiger partial charge is 0.491 e. The SMILES string of the molecule is CCOC(=O)COc1ccc2c(c1)OCC2NC. The monoisotopic (exact) mass is 251 g/mol. The summed E-state index contributed by atoms with van der Waals surface area (Å²) in [6, 6.07) is 5.80. The number of hydrogen-bond acceptors (Lipinski definition) is 5. The maximum Gasteiger partial charge on any atom is 0.344 e. The van der Waals surface area contributed by atoms with E-state index in [1.165, 1.54) is 0 Å². The maximum atomic E-state index is 11.2. The lowest BCUT2D eigenvalue weighted by molar-refractivity contribution is -0.145. The molecule has 2 rings (SSSR count). The van der Waals surface area contributed by atoms with Gasteiger partial charge < -0.3 is 19.5 Å². The van der Waals surface area contributed by atoms with Crippen LogP contribution in [0.5, 0.6) is 11.5 Å². The van der Waals surface area contributed by atoms with E-state index in [1.54, 1.807) is 13.0 Å². The van der Waals surface area contributed by atoms with Crippen molar-refractivity contribution in [3.05, 3.63) is 23.8 Å². The van der Waals surface area contributed by atoms with E-state index in [9.17, 15) is 4.79 Å². The summed E-state index contributed by atoms with van der Waals surface area (Å²) in [5.41, 5.74) is 1.11. The molecule has 0 amide bonds. The van der Waals surface area contributed by atoms with Crippen LogP contribution < -0.4 is 14.8 Å². The first kappa shape index (κ1) is 12.7. The highest BCUT2D eigenvalue weighted by Crippen LogP contribution is 2.34. The minimum atomic E-state index is -0.369. The summed E-state index contributed by atoms with van der Waals surface area (Å²) in [6.07, 6.45) is 0. The summed E-state index contributed by atoms with van der Waals surface area (Å²) in [5.74, 6) is 1.04. The van der Waals surface area contributed by atoms with Gasteiger partial charge in [0, 0.05) is 11.6 Å². The van der Waals surface area contributed by atoms with E-state index in [0.717, 1.165) is 11.3 Å². The van der Waals surface area contributed by atoms with Gasteiger partial charge in [0.1, 0.15) is 18.1 Å². The predicted molar refractivity (Wildman–Crippen MR) is 65.9 cm³/mol. The van der Waals surface area contributed by atoms with Gasteiger partial charge in [-0.05, 0) is 26.1 Å². The molecule has 5 nitrogen and oxygen atoms in total. The van der Waals surface area contributed by atoms with Crippen LogP contribution in [-0.2, 0) is 9.53 Å². The molecular weight excluding hydrogens is 234 g/mol.